The van der Waals surface area contributed by atoms with Crippen molar-refractivity contribution in [2.75, 3.05) is 11.9 Å². The molecule has 0 atom stereocenters. The van der Waals surface area contributed by atoms with Gasteiger partial charge >= 0.3 is 5.97 Å². The highest BCUT2D eigenvalue weighted by Gasteiger charge is 2.07. The van der Waals surface area contributed by atoms with E-state index >= 15 is 0 Å². The monoisotopic (exact) mass is 409 g/mol. The summed E-state index contributed by atoms with van der Waals surface area (Å²) in [4.78, 5) is 23.3. The Bertz CT molecular complexity index is 837. The molecule has 2 rings (SSSR count). The fourth-order valence-corrected chi connectivity index (χ4v) is 2.23. The quantitative estimate of drug-likeness (QED) is 0.593. The van der Waals surface area contributed by atoms with Crippen molar-refractivity contribution in [1.29, 1.82) is 0 Å². The average molecular weight is 410 g/mol. The van der Waals surface area contributed by atoms with Gasteiger partial charge in [0.05, 0.1) is 0 Å². The number of ether oxygens (including phenoxy) is 1. The van der Waals surface area contributed by atoms with Crippen molar-refractivity contribution in [3.8, 4) is 0 Å². The number of anilines is 1. The van der Waals surface area contributed by atoms with Crippen LogP contribution in [0.25, 0.3) is 6.08 Å². The first kappa shape index (κ1) is 18.8. The van der Waals surface area contributed by atoms with Gasteiger partial charge in [-0.15, -0.1) is 0 Å². The minimum atomic E-state index is -0.801. The van der Waals surface area contributed by atoms with Gasteiger partial charge in [-0.3, -0.25) is 4.79 Å². The Labute approximate surface area is 151 Å². The SMILES string of the molecule is Cc1ccc(NC(=O)COC(=O)/C=C/c2cc(Br)ccc2F)cc1F. The molecule has 0 aliphatic rings. The Morgan fingerprint density at radius 3 is 2.64 bits per heavy atom. The molecule has 0 saturated carbocycles. The molecule has 130 valence electrons. The fraction of sp³-hybridized carbons (Fsp3) is 0.111. The zero-order valence-corrected chi connectivity index (χ0v) is 14.8. The Balaban J connectivity index is 1.86. The number of halogens is 3. The van der Waals surface area contributed by atoms with Gasteiger partial charge in [0.15, 0.2) is 6.61 Å². The molecule has 1 N–H and O–H groups in total. The highest BCUT2D eigenvalue weighted by atomic mass is 79.9. The summed E-state index contributed by atoms with van der Waals surface area (Å²) in [6.07, 6.45) is 2.26. The van der Waals surface area contributed by atoms with Crippen LogP contribution < -0.4 is 5.32 Å². The van der Waals surface area contributed by atoms with Gasteiger partial charge in [0.2, 0.25) is 0 Å². The van der Waals surface area contributed by atoms with Gasteiger partial charge < -0.3 is 10.1 Å². The van der Waals surface area contributed by atoms with Crippen molar-refractivity contribution >= 4 is 39.6 Å². The lowest BCUT2D eigenvalue weighted by Gasteiger charge is -2.06. The van der Waals surface area contributed by atoms with Crippen LogP contribution in [0.4, 0.5) is 14.5 Å². The number of hydrogen-bond acceptors (Lipinski definition) is 3. The second-order valence-corrected chi connectivity index (χ2v) is 6.03. The van der Waals surface area contributed by atoms with Crippen molar-refractivity contribution in [3.63, 3.8) is 0 Å². The van der Waals surface area contributed by atoms with Crippen LogP contribution in [0, 0.1) is 18.6 Å². The van der Waals surface area contributed by atoms with E-state index in [2.05, 4.69) is 21.2 Å². The number of esters is 1. The van der Waals surface area contributed by atoms with Gasteiger partial charge in [0, 0.05) is 21.8 Å². The molecule has 25 heavy (non-hydrogen) atoms. The standard InChI is InChI=1S/C18H14BrF2NO3/c1-11-2-5-14(9-16(11)21)22-17(23)10-25-18(24)7-3-12-8-13(19)4-6-15(12)20/h2-9H,10H2,1H3,(H,22,23)/b7-3+. The summed E-state index contributed by atoms with van der Waals surface area (Å²) in [5, 5.41) is 2.41. The second kappa shape index (κ2) is 8.53. The Hall–Kier alpha value is -2.54. The minimum Gasteiger partial charge on any atom is -0.452 e. The van der Waals surface area contributed by atoms with Crippen molar-refractivity contribution in [3.05, 3.63) is 69.7 Å². The highest BCUT2D eigenvalue weighted by molar-refractivity contribution is 9.10. The maximum Gasteiger partial charge on any atom is 0.331 e. The molecular formula is C18H14BrF2NO3. The average Bonchev–Trinajstić information content (AvgIpc) is 2.57. The van der Waals surface area contributed by atoms with Gasteiger partial charge in [-0.2, -0.15) is 0 Å². The first-order valence-corrected chi connectivity index (χ1v) is 8.00. The molecule has 1 amide bonds. The van der Waals surface area contributed by atoms with E-state index < -0.39 is 30.1 Å². The highest BCUT2D eigenvalue weighted by Crippen LogP contribution is 2.17. The maximum absolute atomic E-state index is 13.5. The molecule has 0 fully saturated rings. The zero-order chi connectivity index (χ0) is 18.4. The van der Waals surface area contributed by atoms with Gasteiger partial charge in [0.25, 0.3) is 5.91 Å². The summed E-state index contributed by atoms with van der Waals surface area (Å²) >= 11 is 3.20. The van der Waals surface area contributed by atoms with Gasteiger partial charge in [-0.25, -0.2) is 13.6 Å². The zero-order valence-electron chi connectivity index (χ0n) is 13.2. The third-order valence-electron chi connectivity index (χ3n) is 3.16. The number of amides is 1. The topological polar surface area (TPSA) is 55.4 Å². The largest absolute Gasteiger partial charge is 0.452 e. The van der Waals surface area contributed by atoms with Crippen molar-refractivity contribution < 1.29 is 23.1 Å². The maximum atomic E-state index is 13.5. The number of carbonyl (C=O) groups is 2. The molecule has 2 aromatic rings. The molecule has 0 bridgehead atoms. The van der Waals surface area contributed by atoms with Crippen LogP contribution in [-0.4, -0.2) is 18.5 Å². The molecule has 0 aromatic heterocycles. The van der Waals surface area contributed by atoms with E-state index in [0.717, 1.165) is 6.08 Å². The molecule has 7 heteroatoms. The van der Waals surface area contributed by atoms with Crippen LogP contribution in [-0.2, 0) is 14.3 Å². The predicted molar refractivity (Wildman–Crippen MR) is 93.9 cm³/mol. The van der Waals surface area contributed by atoms with E-state index in [1.54, 1.807) is 6.92 Å². The smallest absolute Gasteiger partial charge is 0.331 e. The first-order chi connectivity index (χ1) is 11.8. The third kappa shape index (κ3) is 5.79. The molecule has 0 saturated heterocycles. The van der Waals surface area contributed by atoms with Crippen LogP contribution in [0.2, 0.25) is 0 Å². The first-order valence-electron chi connectivity index (χ1n) is 7.21. The Kier molecular flexibility index (Phi) is 6.41. The summed E-state index contributed by atoms with van der Waals surface area (Å²) < 4.78 is 32.3. The number of rotatable bonds is 5. The van der Waals surface area contributed by atoms with Crippen LogP contribution in [0.15, 0.2) is 46.9 Å². The van der Waals surface area contributed by atoms with Crippen LogP contribution in [0.5, 0.6) is 0 Å². The normalized spacial score (nSPS) is 10.7. The lowest BCUT2D eigenvalue weighted by Crippen LogP contribution is -2.20. The van der Waals surface area contributed by atoms with Crippen molar-refractivity contribution in [2.45, 2.75) is 6.92 Å². The number of carbonyl (C=O) groups excluding carboxylic acids is 2. The van der Waals surface area contributed by atoms with E-state index in [4.69, 9.17) is 4.74 Å². The summed E-state index contributed by atoms with van der Waals surface area (Å²) in [6, 6.07) is 8.51. The van der Waals surface area contributed by atoms with Crippen LogP contribution in [0.1, 0.15) is 11.1 Å². The van der Waals surface area contributed by atoms with E-state index in [9.17, 15) is 18.4 Å². The molecule has 4 nitrogen and oxygen atoms in total. The van der Waals surface area contributed by atoms with Gasteiger partial charge in [-0.1, -0.05) is 22.0 Å². The van der Waals surface area contributed by atoms with Gasteiger partial charge in [0.1, 0.15) is 11.6 Å². The fourth-order valence-electron chi connectivity index (χ4n) is 1.85. The van der Waals surface area contributed by atoms with Crippen LogP contribution in [0.3, 0.4) is 0 Å². The van der Waals surface area contributed by atoms with Gasteiger partial charge in [-0.05, 0) is 48.9 Å². The molecule has 0 radical (unpaired) electrons. The van der Waals surface area contributed by atoms with E-state index in [1.165, 1.54) is 42.5 Å². The summed E-state index contributed by atoms with van der Waals surface area (Å²) in [7, 11) is 0. The van der Waals surface area contributed by atoms with Crippen LogP contribution >= 0.6 is 15.9 Å². The van der Waals surface area contributed by atoms with Crippen molar-refractivity contribution in [2.24, 2.45) is 0 Å². The second-order valence-electron chi connectivity index (χ2n) is 5.12. The molecule has 2 aromatic carbocycles. The van der Waals surface area contributed by atoms with Crippen molar-refractivity contribution in [1.82, 2.24) is 0 Å². The molecule has 0 spiro atoms. The molecule has 0 unspecified atom stereocenters. The molecule has 0 heterocycles. The molecule has 0 aliphatic carbocycles. The molecular weight excluding hydrogens is 396 g/mol. The predicted octanol–water partition coefficient (Wildman–Crippen LogP) is 4.23. The van der Waals surface area contributed by atoms with E-state index in [1.807, 2.05) is 0 Å². The number of hydrogen-bond donors (Lipinski definition) is 1. The van der Waals surface area contributed by atoms with E-state index in [0.29, 0.717) is 10.0 Å². The number of nitrogens with one attached hydrogen (secondary N) is 1. The van der Waals surface area contributed by atoms with E-state index in [-0.39, 0.29) is 11.3 Å². The lowest BCUT2D eigenvalue weighted by molar-refractivity contribution is -0.142. The third-order valence-corrected chi connectivity index (χ3v) is 3.65. The Morgan fingerprint density at radius 1 is 1.16 bits per heavy atom. The summed E-state index contributed by atoms with van der Waals surface area (Å²) in [5.74, 6) is -2.36. The number of benzene rings is 2. The minimum absolute atomic E-state index is 0.200. The lowest BCUT2D eigenvalue weighted by atomic mass is 10.2. The summed E-state index contributed by atoms with van der Waals surface area (Å²) in [5.41, 5.74) is 0.913. The number of aryl methyl sites for hydroxylation is 1. The summed E-state index contributed by atoms with van der Waals surface area (Å²) in [6.45, 7) is 1.06. The Morgan fingerprint density at radius 2 is 1.92 bits per heavy atom. The molecule has 0 aliphatic heterocycles.